The van der Waals surface area contributed by atoms with Gasteiger partial charge in [-0.1, -0.05) is 6.92 Å². The van der Waals surface area contributed by atoms with Gasteiger partial charge in [-0.05, 0) is 12.8 Å². The van der Waals surface area contributed by atoms with Crippen LogP contribution in [0.5, 0.6) is 0 Å². The monoisotopic (exact) mass is 234 g/mol. The van der Waals surface area contributed by atoms with Crippen LogP contribution in [-0.2, 0) is 25.1 Å². The third-order valence-electron chi connectivity index (χ3n) is 2.56. The molecule has 1 aliphatic rings. The number of hydrogen-bond acceptors (Lipinski definition) is 4. The standard InChI is InChI=1S/C10H18O4S/c1-8(10(11)13-2)7-15(12)9-3-5-14-6-4-9/h8-9H,3-7H2,1-2H3. The zero-order chi connectivity index (χ0) is 11.3. The molecule has 1 rings (SSSR count). The summed E-state index contributed by atoms with van der Waals surface area (Å²) in [7, 11) is 0.418. The van der Waals surface area contributed by atoms with Gasteiger partial charge in [0.05, 0.1) is 13.0 Å². The van der Waals surface area contributed by atoms with E-state index in [2.05, 4.69) is 4.74 Å². The summed E-state index contributed by atoms with van der Waals surface area (Å²) in [5.74, 6) is -0.161. The van der Waals surface area contributed by atoms with Gasteiger partial charge in [0.25, 0.3) is 0 Å². The van der Waals surface area contributed by atoms with Crippen molar-refractivity contribution in [3.63, 3.8) is 0 Å². The second kappa shape index (κ2) is 6.23. The summed E-state index contributed by atoms with van der Waals surface area (Å²) in [5.41, 5.74) is 0. The number of methoxy groups -OCH3 is 1. The Balaban J connectivity index is 2.36. The molecule has 1 saturated heterocycles. The molecule has 1 fully saturated rings. The maximum atomic E-state index is 11.9. The number of carbonyl (C=O) groups excluding carboxylic acids is 1. The second-order valence-electron chi connectivity index (χ2n) is 3.78. The minimum absolute atomic E-state index is 0.186. The molecule has 88 valence electrons. The zero-order valence-corrected chi connectivity index (χ0v) is 10.0. The summed E-state index contributed by atoms with van der Waals surface area (Å²) < 4.78 is 21.7. The van der Waals surface area contributed by atoms with Crippen molar-refractivity contribution in [2.24, 2.45) is 5.92 Å². The first kappa shape index (κ1) is 12.6. The van der Waals surface area contributed by atoms with Crippen LogP contribution in [0, 0.1) is 5.92 Å². The van der Waals surface area contributed by atoms with Gasteiger partial charge in [0.2, 0.25) is 0 Å². The largest absolute Gasteiger partial charge is 0.469 e. The third kappa shape index (κ3) is 3.91. The molecule has 0 aromatic heterocycles. The molecule has 4 nitrogen and oxygen atoms in total. The molecular formula is C10H18O4S. The molecule has 0 aliphatic carbocycles. The molecule has 1 aliphatic heterocycles. The molecule has 2 unspecified atom stereocenters. The van der Waals surface area contributed by atoms with Gasteiger partial charge in [-0.25, -0.2) is 0 Å². The highest BCUT2D eigenvalue weighted by Crippen LogP contribution is 2.15. The predicted octanol–water partition coefficient (Wildman–Crippen LogP) is 0.723. The van der Waals surface area contributed by atoms with E-state index in [0.717, 1.165) is 12.8 Å². The van der Waals surface area contributed by atoms with E-state index in [1.807, 2.05) is 0 Å². The van der Waals surface area contributed by atoms with Crippen molar-refractivity contribution >= 4 is 16.8 Å². The molecular weight excluding hydrogens is 216 g/mol. The Morgan fingerprint density at radius 3 is 2.67 bits per heavy atom. The van der Waals surface area contributed by atoms with Gasteiger partial charge in [0, 0.05) is 35.0 Å². The lowest BCUT2D eigenvalue weighted by Crippen LogP contribution is -2.30. The zero-order valence-electron chi connectivity index (χ0n) is 9.23. The SMILES string of the molecule is COC(=O)C(C)CS(=O)C1CCOCC1. The maximum Gasteiger partial charge on any atom is 0.309 e. The van der Waals surface area contributed by atoms with Crippen molar-refractivity contribution in [3.8, 4) is 0 Å². The Bertz CT molecular complexity index is 236. The molecule has 5 heteroatoms. The molecule has 0 aromatic carbocycles. The summed E-state index contributed by atoms with van der Waals surface area (Å²) >= 11 is 0. The van der Waals surface area contributed by atoms with Gasteiger partial charge in [-0.3, -0.25) is 9.00 Å². The smallest absolute Gasteiger partial charge is 0.309 e. The number of hydrogen-bond donors (Lipinski definition) is 0. The fraction of sp³-hybridized carbons (Fsp3) is 0.900. The van der Waals surface area contributed by atoms with Crippen molar-refractivity contribution in [1.29, 1.82) is 0 Å². The lowest BCUT2D eigenvalue weighted by Gasteiger charge is -2.22. The first-order valence-electron chi connectivity index (χ1n) is 5.18. The molecule has 0 N–H and O–H groups in total. The Hall–Kier alpha value is -0.420. The molecule has 0 saturated carbocycles. The molecule has 0 spiro atoms. The van der Waals surface area contributed by atoms with Crippen LogP contribution in [0.4, 0.5) is 0 Å². The first-order valence-corrected chi connectivity index (χ1v) is 6.56. The molecule has 0 radical (unpaired) electrons. The Morgan fingerprint density at radius 1 is 1.53 bits per heavy atom. The predicted molar refractivity (Wildman–Crippen MR) is 58.0 cm³/mol. The van der Waals surface area contributed by atoms with Crippen molar-refractivity contribution in [1.82, 2.24) is 0 Å². The van der Waals surface area contributed by atoms with Crippen LogP contribution in [0.1, 0.15) is 19.8 Å². The average molecular weight is 234 g/mol. The molecule has 0 bridgehead atoms. The van der Waals surface area contributed by atoms with Crippen molar-refractivity contribution in [3.05, 3.63) is 0 Å². The fourth-order valence-electron chi connectivity index (χ4n) is 1.59. The molecule has 15 heavy (non-hydrogen) atoms. The number of ether oxygens (including phenoxy) is 2. The van der Waals surface area contributed by atoms with Gasteiger partial charge in [-0.15, -0.1) is 0 Å². The highest BCUT2D eigenvalue weighted by molar-refractivity contribution is 7.85. The van der Waals surface area contributed by atoms with Crippen LogP contribution in [0.15, 0.2) is 0 Å². The van der Waals surface area contributed by atoms with E-state index >= 15 is 0 Å². The highest BCUT2D eigenvalue weighted by atomic mass is 32.2. The Morgan fingerprint density at radius 2 is 2.13 bits per heavy atom. The molecule has 0 amide bonds. The minimum atomic E-state index is -0.940. The first-order chi connectivity index (χ1) is 7.15. The van der Waals surface area contributed by atoms with Crippen molar-refractivity contribution in [2.75, 3.05) is 26.1 Å². The average Bonchev–Trinajstić information content (AvgIpc) is 2.29. The van der Waals surface area contributed by atoms with Crippen LogP contribution in [0.25, 0.3) is 0 Å². The lowest BCUT2D eigenvalue weighted by atomic mass is 10.2. The van der Waals surface area contributed by atoms with E-state index in [9.17, 15) is 9.00 Å². The summed E-state index contributed by atoms with van der Waals surface area (Å²) in [6, 6.07) is 0. The Kier molecular flexibility index (Phi) is 5.25. The van der Waals surface area contributed by atoms with Crippen LogP contribution in [0.2, 0.25) is 0 Å². The highest BCUT2D eigenvalue weighted by Gasteiger charge is 2.24. The van der Waals surface area contributed by atoms with E-state index in [1.165, 1.54) is 7.11 Å². The van der Waals surface area contributed by atoms with Crippen molar-refractivity contribution < 1.29 is 18.5 Å². The van der Waals surface area contributed by atoms with Gasteiger partial charge in [0.15, 0.2) is 0 Å². The second-order valence-corrected chi connectivity index (χ2v) is 5.54. The van der Waals surface area contributed by atoms with E-state index in [1.54, 1.807) is 6.92 Å². The molecule has 1 heterocycles. The van der Waals surface area contributed by atoms with Gasteiger partial charge >= 0.3 is 5.97 Å². The summed E-state index contributed by atoms with van der Waals surface area (Å²) in [5, 5.41) is 0.186. The summed E-state index contributed by atoms with van der Waals surface area (Å²) in [6.45, 7) is 3.12. The van der Waals surface area contributed by atoms with Crippen LogP contribution < -0.4 is 0 Å². The number of carbonyl (C=O) groups is 1. The minimum Gasteiger partial charge on any atom is -0.469 e. The van der Waals surface area contributed by atoms with E-state index < -0.39 is 10.8 Å². The van der Waals surface area contributed by atoms with Gasteiger partial charge in [-0.2, -0.15) is 0 Å². The maximum absolute atomic E-state index is 11.9. The van der Waals surface area contributed by atoms with E-state index in [-0.39, 0.29) is 17.1 Å². The normalized spacial score (nSPS) is 22.0. The molecule has 0 aromatic rings. The van der Waals surface area contributed by atoms with Crippen molar-refractivity contribution in [2.45, 2.75) is 25.0 Å². The summed E-state index contributed by atoms with van der Waals surface area (Å²) in [4.78, 5) is 11.1. The van der Waals surface area contributed by atoms with Crippen LogP contribution in [-0.4, -0.2) is 41.5 Å². The van der Waals surface area contributed by atoms with Crippen LogP contribution >= 0.6 is 0 Å². The van der Waals surface area contributed by atoms with Crippen LogP contribution in [0.3, 0.4) is 0 Å². The topological polar surface area (TPSA) is 52.6 Å². The molecule has 2 atom stereocenters. The van der Waals surface area contributed by atoms with E-state index in [0.29, 0.717) is 19.0 Å². The van der Waals surface area contributed by atoms with Gasteiger partial charge in [0.1, 0.15) is 0 Å². The third-order valence-corrected chi connectivity index (χ3v) is 4.60. The Labute approximate surface area is 92.8 Å². The number of rotatable bonds is 4. The lowest BCUT2D eigenvalue weighted by molar-refractivity contribution is -0.144. The van der Waals surface area contributed by atoms with E-state index in [4.69, 9.17) is 4.74 Å². The van der Waals surface area contributed by atoms with Gasteiger partial charge < -0.3 is 9.47 Å². The quantitative estimate of drug-likeness (QED) is 0.673. The number of esters is 1. The fourth-order valence-corrected chi connectivity index (χ4v) is 3.21. The summed E-state index contributed by atoms with van der Waals surface area (Å²) in [6.07, 6.45) is 1.67.